The van der Waals surface area contributed by atoms with Crippen LogP contribution in [0.5, 0.6) is 0 Å². The molecule has 0 atom stereocenters. The first-order valence-corrected chi connectivity index (χ1v) is 9.18. The summed E-state index contributed by atoms with van der Waals surface area (Å²) >= 11 is 0. The van der Waals surface area contributed by atoms with Crippen LogP contribution in [0.3, 0.4) is 0 Å². The fraction of sp³-hybridized carbons (Fsp3) is 0.0870. The molecule has 0 bridgehead atoms. The van der Waals surface area contributed by atoms with Gasteiger partial charge in [0.2, 0.25) is 0 Å². The van der Waals surface area contributed by atoms with Gasteiger partial charge in [0.25, 0.3) is 0 Å². The van der Waals surface area contributed by atoms with Crippen LogP contribution in [0.25, 0.3) is 33.3 Å². The summed E-state index contributed by atoms with van der Waals surface area (Å²) in [6, 6.07) is 19.8. The summed E-state index contributed by atoms with van der Waals surface area (Å²) in [6.45, 7) is 0.369. The van der Waals surface area contributed by atoms with Crippen LogP contribution in [0.2, 0.25) is 0 Å². The minimum atomic E-state index is -1.02. The third-order valence-corrected chi connectivity index (χ3v) is 4.78. The first-order valence-electron chi connectivity index (χ1n) is 9.18. The van der Waals surface area contributed by atoms with Crippen molar-refractivity contribution in [1.82, 2.24) is 15.3 Å². The highest BCUT2D eigenvalue weighted by Crippen LogP contribution is 2.31. The average Bonchev–Trinajstić information content (AvgIpc) is 3.17. The molecule has 6 heteroatoms. The van der Waals surface area contributed by atoms with E-state index >= 15 is 0 Å². The van der Waals surface area contributed by atoms with Crippen LogP contribution in [0, 0.1) is 11.3 Å². The van der Waals surface area contributed by atoms with Crippen LogP contribution >= 0.6 is 0 Å². The van der Waals surface area contributed by atoms with E-state index in [1.807, 2.05) is 42.6 Å². The molecule has 2 heterocycles. The van der Waals surface area contributed by atoms with Crippen molar-refractivity contribution in [3.63, 3.8) is 0 Å². The van der Waals surface area contributed by atoms with Gasteiger partial charge in [-0.3, -0.25) is 0 Å². The van der Waals surface area contributed by atoms with E-state index in [-0.39, 0.29) is 0 Å². The predicted molar refractivity (Wildman–Crippen MR) is 111 cm³/mol. The molecule has 29 heavy (non-hydrogen) atoms. The van der Waals surface area contributed by atoms with Crippen molar-refractivity contribution >= 4 is 17.1 Å². The summed E-state index contributed by atoms with van der Waals surface area (Å²) in [5, 5.41) is 21.3. The van der Waals surface area contributed by atoms with E-state index in [2.05, 4.69) is 33.5 Å². The van der Waals surface area contributed by atoms with Crippen LogP contribution in [-0.4, -0.2) is 27.7 Å². The highest BCUT2D eigenvalue weighted by Gasteiger charge is 2.10. The molecule has 0 spiro atoms. The molecule has 4 rings (SSSR count). The molecular weight excluding hydrogens is 364 g/mol. The number of carboxylic acid groups (broad SMARTS) is 1. The Hall–Kier alpha value is -4.11. The Morgan fingerprint density at radius 1 is 1.10 bits per heavy atom. The van der Waals surface area contributed by atoms with Crippen LogP contribution < -0.4 is 5.32 Å². The lowest BCUT2D eigenvalue weighted by Gasteiger charge is -2.06. The maximum absolute atomic E-state index is 10.6. The second-order valence-electron chi connectivity index (χ2n) is 6.70. The van der Waals surface area contributed by atoms with Gasteiger partial charge >= 0.3 is 6.09 Å². The predicted octanol–water partition coefficient (Wildman–Crippen LogP) is 4.58. The topological polar surface area (TPSA) is 102 Å². The normalized spacial score (nSPS) is 10.6. The van der Waals surface area contributed by atoms with Crippen LogP contribution in [0.15, 0.2) is 67.0 Å². The van der Waals surface area contributed by atoms with E-state index in [4.69, 9.17) is 10.4 Å². The number of H-pyrrole nitrogens is 1. The van der Waals surface area contributed by atoms with Crippen molar-refractivity contribution in [1.29, 1.82) is 5.26 Å². The SMILES string of the molecule is N#Cc1cccc(-c2cnc3[nH]cc(-c4cccc(CCNC(=O)O)c4)c3c2)c1. The van der Waals surface area contributed by atoms with E-state index in [9.17, 15) is 4.79 Å². The average molecular weight is 382 g/mol. The summed E-state index contributed by atoms with van der Waals surface area (Å²) in [5.41, 5.74) is 6.40. The van der Waals surface area contributed by atoms with Crippen molar-refractivity contribution in [3.8, 4) is 28.3 Å². The standard InChI is InChI=1S/C23H18N4O2/c24-12-16-4-2-5-17(10-16)19-11-20-21(14-27-22(20)26-13-19)18-6-1-3-15(9-18)7-8-25-23(28)29/h1-6,9-11,13-14,25H,7-8H2,(H,26,27)(H,28,29). The number of amides is 1. The fourth-order valence-corrected chi connectivity index (χ4v) is 3.38. The van der Waals surface area contributed by atoms with Crippen LogP contribution in [0.1, 0.15) is 11.1 Å². The molecule has 0 unspecified atom stereocenters. The number of aromatic nitrogens is 2. The Kier molecular flexibility index (Phi) is 4.95. The van der Waals surface area contributed by atoms with Crippen LogP contribution in [0.4, 0.5) is 4.79 Å². The zero-order valence-corrected chi connectivity index (χ0v) is 15.5. The third kappa shape index (κ3) is 3.94. The van der Waals surface area contributed by atoms with Crippen molar-refractivity contribution in [3.05, 3.63) is 78.1 Å². The number of hydrogen-bond acceptors (Lipinski definition) is 3. The Morgan fingerprint density at radius 2 is 1.93 bits per heavy atom. The zero-order valence-electron chi connectivity index (χ0n) is 15.5. The molecule has 0 aliphatic heterocycles. The molecule has 142 valence electrons. The van der Waals surface area contributed by atoms with Crippen molar-refractivity contribution in [2.24, 2.45) is 0 Å². The first kappa shape index (κ1) is 18.3. The van der Waals surface area contributed by atoms with E-state index in [1.165, 1.54) is 0 Å². The number of carbonyl (C=O) groups is 1. The Morgan fingerprint density at radius 3 is 2.76 bits per heavy atom. The van der Waals surface area contributed by atoms with Gasteiger partial charge in [-0.25, -0.2) is 9.78 Å². The largest absolute Gasteiger partial charge is 0.465 e. The molecule has 2 aromatic carbocycles. The fourth-order valence-electron chi connectivity index (χ4n) is 3.38. The second-order valence-corrected chi connectivity index (χ2v) is 6.70. The van der Waals surface area contributed by atoms with Gasteiger partial charge < -0.3 is 15.4 Å². The lowest BCUT2D eigenvalue weighted by atomic mass is 9.99. The quantitative estimate of drug-likeness (QED) is 0.470. The number of nitrogens with zero attached hydrogens (tertiary/aromatic N) is 2. The summed E-state index contributed by atoms with van der Waals surface area (Å²) in [6.07, 6.45) is 3.33. The molecular formula is C23H18N4O2. The van der Waals surface area contributed by atoms with Gasteiger partial charge in [0.05, 0.1) is 11.6 Å². The number of aromatic amines is 1. The van der Waals surface area contributed by atoms with Gasteiger partial charge in [-0.05, 0) is 41.3 Å². The van der Waals surface area contributed by atoms with Crippen LogP contribution in [-0.2, 0) is 6.42 Å². The monoisotopic (exact) mass is 382 g/mol. The molecule has 2 aromatic heterocycles. The summed E-state index contributed by atoms with van der Waals surface area (Å²) < 4.78 is 0. The van der Waals surface area contributed by atoms with Gasteiger partial charge in [-0.1, -0.05) is 36.4 Å². The van der Waals surface area contributed by atoms with E-state index in [0.717, 1.165) is 38.9 Å². The minimum absolute atomic E-state index is 0.369. The van der Waals surface area contributed by atoms with Crippen molar-refractivity contribution in [2.75, 3.05) is 6.54 Å². The Balaban J connectivity index is 1.70. The molecule has 6 nitrogen and oxygen atoms in total. The number of nitrogens with one attached hydrogen (secondary N) is 2. The smallest absolute Gasteiger partial charge is 0.404 e. The maximum Gasteiger partial charge on any atom is 0.404 e. The van der Waals surface area contributed by atoms with E-state index in [1.54, 1.807) is 12.3 Å². The zero-order chi connectivity index (χ0) is 20.2. The molecule has 4 aromatic rings. The maximum atomic E-state index is 10.6. The van der Waals surface area contributed by atoms with Gasteiger partial charge in [0.1, 0.15) is 5.65 Å². The van der Waals surface area contributed by atoms with Gasteiger partial charge in [-0.2, -0.15) is 5.26 Å². The molecule has 0 aliphatic carbocycles. The van der Waals surface area contributed by atoms with Crippen molar-refractivity contribution < 1.29 is 9.90 Å². The molecule has 0 radical (unpaired) electrons. The lowest BCUT2D eigenvalue weighted by Crippen LogP contribution is -2.23. The van der Waals surface area contributed by atoms with Gasteiger partial charge in [-0.15, -0.1) is 0 Å². The number of pyridine rings is 1. The Labute approximate surface area is 167 Å². The number of hydrogen-bond donors (Lipinski definition) is 3. The number of fused-ring (bicyclic) bond motifs is 1. The third-order valence-electron chi connectivity index (χ3n) is 4.78. The number of rotatable bonds is 5. The molecule has 0 fully saturated rings. The number of benzene rings is 2. The highest BCUT2D eigenvalue weighted by atomic mass is 16.4. The van der Waals surface area contributed by atoms with E-state index < -0.39 is 6.09 Å². The first-order chi connectivity index (χ1) is 14.1. The highest BCUT2D eigenvalue weighted by molar-refractivity contribution is 5.95. The molecule has 0 aliphatic rings. The summed E-state index contributed by atoms with van der Waals surface area (Å²) in [7, 11) is 0. The molecule has 1 amide bonds. The van der Waals surface area contributed by atoms with Crippen molar-refractivity contribution in [2.45, 2.75) is 6.42 Å². The summed E-state index contributed by atoms with van der Waals surface area (Å²) in [5.74, 6) is 0. The second kappa shape index (κ2) is 7.87. The number of nitriles is 1. The lowest BCUT2D eigenvalue weighted by molar-refractivity contribution is 0.194. The minimum Gasteiger partial charge on any atom is -0.465 e. The van der Waals surface area contributed by atoms with Gasteiger partial charge in [0, 0.05) is 35.5 Å². The van der Waals surface area contributed by atoms with E-state index in [0.29, 0.717) is 18.5 Å². The summed E-state index contributed by atoms with van der Waals surface area (Å²) in [4.78, 5) is 18.4. The van der Waals surface area contributed by atoms with Gasteiger partial charge in [0.15, 0.2) is 0 Å². The molecule has 3 N–H and O–H groups in total. The molecule has 0 saturated carbocycles. The Bertz CT molecular complexity index is 1240. The molecule has 0 saturated heterocycles.